The largest absolute Gasteiger partial charge is 0.245 e. The number of thiazole rings is 1. The van der Waals surface area contributed by atoms with Gasteiger partial charge in [0.15, 0.2) is 0 Å². The number of halogens is 1. The van der Waals surface area contributed by atoms with E-state index >= 15 is 0 Å². The van der Waals surface area contributed by atoms with Gasteiger partial charge in [-0.3, -0.25) is 0 Å². The number of nitrogens with zero attached hydrogens (tertiary/aromatic N) is 1. The molecule has 1 aromatic heterocycles. The average Bonchev–Trinajstić information content (AvgIpc) is 2.45. The zero-order valence-corrected chi connectivity index (χ0v) is 11.9. The minimum Gasteiger partial charge on any atom is -0.245 e. The van der Waals surface area contributed by atoms with Crippen LogP contribution in [0.1, 0.15) is 56.1 Å². The Morgan fingerprint density at radius 3 is 2.21 bits per heavy atom. The molecule has 0 aromatic carbocycles. The predicted molar refractivity (Wildman–Crippen MR) is 67.5 cm³/mol. The monoisotopic (exact) mass is 275 g/mol. The molecule has 0 aliphatic carbocycles. The van der Waals surface area contributed by atoms with Crippen molar-refractivity contribution in [2.45, 2.75) is 51.3 Å². The highest BCUT2D eigenvalue weighted by molar-refractivity contribution is 9.08. The number of rotatable bonds is 2. The van der Waals surface area contributed by atoms with Gasteiger partial charge in [-0.25, -0.2) is 4.98 Å². The molecule has 0 unspecified atom stereocenters. The Morgan fingerprint density at radius 1 is 1.36 bits per heavy atom. The molecule has 0 fully saturated rings. The molecule has 0 N–H and O–H groups in total. The maximum absolute atomic E-state index is 4.74. The van der Waals surface area contributed by atoms with E-state index < -0.39 is 0 Å². The second kappa shape index (κ2) is 4.31. The van der Waals surface area contributed by atoms with Crippen molar-refractivity contribution in [1.82, 2.24) is 4.98 Å². The number of hydrogen-bond acceptors (Lipinski definition) is 2. The van der Waals surface area contributed by atoms with Gasteiger partial charge in [-0.2, -0.15) is 0 Å². The molecule has 0 amide bonds. The molecular weight excluding hydrogens is 258 g/mol. The quantitative estimate of drug-likeness (QED) is 0.727. The molecule has 0 saturated heterocycles. The van der Waals surface area contributed by atoms with E-state index in [0.717, 1.165) is 5.33 Å². The second-order valence-electron chi connectivity index (χ2n) is 4.87. The third-order valence-electron chi connectivity index (χ3n) is 2.04. The Kier molecular flexibility index (Phi) is 3.75. The van der Waals surface area contributed by atoms with Gasteiger partial charge in [0.2, 0.25) is 0 Å². The number of aromatic nitrogens is 1. The molecule has 80 valence electrons. The molecule has 0 radical (unpaired) electrons. The van der Waals surface area contributed by atoms with Gasteiger partial charge in [0, 0.05) is 15.6 Å². The van der Waals surface area contributed by atoms with E-state index in [4.69, 9.17) is 4.98 Å². The lowest BCUT2D eigenvalue weighted by Crippen LogP contribution is -2.10. The van der Waals surface area contributed by atoms with Gasteiger partial charge in [0.1, 0.15) is 0 Å². The van der Waals surface area contributed by atoms with Crippen LogP contribution in [0.5, 0.6) is 0 Å². The van der Waals surface area contributed by atoms with Crippen molar-refractivity contribution in [1.29, 1.82) is 0 Å². The standard InChI is InChI=1S/C11H18BrNS/c1-7(2)9-8(6-12)14-10(13-9)11(3,4)5/h7H,6H2,1-5H3. The first kappa shape index (κ1) is 12.2. The van der Waals surface area contributed by atoms with Crippen LogP contribution in [0.25, 0.3) is 0 Å². The van der Waals surface area contributed by atoms with Crippen LogP contribution in [-0.2, 0) is 10.7 Å². The highest BCUT2D eigenvalue weighted by Crippen LogP contribution is 2.33. The number of hydrogen-bond donors (Lipinski definition) is 0. The van der Waals surface area contributed by atoms with Gasteiger partial charge in [0.05, 0.1) is 10.7 Å². The van der Waals surface area contributed by atoms with E-state index in [1.165, 1.54) is 15.6 Å². The third kappa shape index (κ3) is 2.57. The molecule has 0 bridgehead atoms. The predicted octanol–water partition coefficient (Wildman–Crippen LogP) is 4.46. The number of alkyl halides is 1. The Hall–Kier alpha value is 0.110. The summed E-state index contributed by atoms with van der Waals surface area (Å²) in [5.41, 5.74) is 1.44. The molecule has 1 rings (SSSR count). The van der Waals surface area contributed by atoms with Crippen LogP contribution in [0.2, 0.25) is 0 Å². The van der Waals surface area contributed by atoms with Gasteiger partial charge in [-0.15, -0.1) is 11.3 Å². The molecule has 0 aliphatic rings. The van der Waals surface area contributed by atoms with Gasteiger partial charge in [-0.05, 0) is 5.92 Å². The fourth-order valence-corrected chi connectivity index (χ4v) is 2.99. The maximum atomic E-state index is 4.74. The highest BCUT2D eigenvalue weighted by Gasteiger charge is 2.21. The minimum atomic E-state index is 0.175. The molecule has 1 nitrogen and oxygen atoms in total. The summed E-state index contributed by atoms with van der Waals surface area (Å²) in [6.07, 6.45) is 0. The lowest BCUT2D eigenvalue weighted by atomic mass is 9.98. The van der Waals surface area contributed by atoms with Crippen molar-refractivity contribution < 1.29 is 0 Å². The minimum absolute atomic E-state index is 0.175. The normalized spacial score (nSPS) is 12.5. The van der Waals surface area contributed by atoms with Gasteiger partial charge in [-0.1, -0.05) is 50.5 Å². The summed E-state index contributed by atoms with van der Waals surface area (Å²) in [5, 5.41) is 2.17. The smallest absolute Gasteiger partial charge is 0.0985 e. The Bertz CT molecular complexity index is 310. The van der Waals surface area contributed by atoms with Crippen LogP contribution in [-0.4, -0.2) is 4.98 Å². The summed E-state index contributed by atoms with van der Waals surface area (Å²) in [5.74, 6) is 0.523. The summed E-state index contributed by atoms with van der Waals surface area (Å²) >= 11 is 5.36. The van der Waals surface area contributed by atoms with Crippen molar-refractivity contribution >= 4 is 27.3 Å². The third-order valence-corrected chi connectivity index (χ3v) is 4.47. The van der Waals surface area contributed by atoms with E-state index in [2.05, 4.69) is 50.5 Å². The van der Waals surface area contributed by atoms with Crippen molar-refractivity contribution in [3.05, 3.63) is 15.6 Å². The van der Waals surface area contributed by atoms with Gasteiger partial charge >= 0.3 is 0 Å². The fraction of sp³-hybridized carbons (Fsp3) is 0.727. The van der Waals surface area contributed by atoms with E-state index in [0.29, 0.717) is 5.92 Å². The molecule has 0 aliphatic heterocycles. The van der Waals surface area contributed by atoms with Crippen molar-refractivity contribution in [2.75, 3.05) is 0 Å². The first-order valence-corrected chi connectivity index (χ1v) is 6.86. The fourth-order valence-electron chi connectivity index (χ4n) is 1.23. The maximum Gasteiger partial charge on any atom is 0.0985 e. The summed E-state index contributed by atoms with van der Waals surface area (Å²) in [7, 11) is 0. The van der Waals surface area contributed by atoms with Crippen LogP contribution in [0, 0.1) is 0 Å². The molecule has 1 heterocycles. The van der Waals surface area contributed by atoms with Crippen molar-refractivity contribution in [3.8, 4) is 0 Å². The summed E-state index contributed by atoms with van der Waals surface area (Å²) in [6, 6.07) is 0. The van der Waals surface area contributed by atoms with E-state index in [-0.39, 0.29) is 5.41 Å². The van der Waals surface area contributed by atoms with Crippen LogP contribution in [0.3, 0.4) is 0 Å². The van der Waals surface area contributed by atoms with Gasteiger partial charge < -0.3 is 0 Å². The molecule has 0 spiro atoms. The zero-order valence-electron chi connectivity index (χ0n) is 9.52. The Balaban J connectivity index is 3.13. The zero-order chi connectivity index (χ0) is 10.9. The summed E-state index contributed by atoms with van der Waals surface area (Å²) < 4.78 is 0. The van der Waals surface area contributed by atoms with Gasteiger partial charge in [0.25, 0.3) is 0 Å². The van der Waals surface area contributed by atoms with Crippen LogP contribution >= 0.6 is 27.3 Å². The average molecular weight is 276 g/mol. The topological polar surface area (TPSA) is 12.9 Å². The van der Waals surface area contributed by atoms with Crippen LogP contribution < -0.4 is 0 Å². The molecule has 14 heavy (non-hydrogen) atoms. The highest BCUT2D eigenvalue weighted by atomic mass is 79.9. The van der Waals surface area contributed by atoms with Crippen LogP contribution in [0.4, 0.5) is 0 Å². The Morgan fingerprint density at radius 2 is 1.93 bits per heavy atom. The van der Waals surface area contributed by atoms with E-state index in [9.17, 15) is 0 Å². The molecular formula is C11H18BrNS. The SMILES string of the molecule is CC(C)c1nc(C(C)(C)C)sc1CBr. The van der Waals surface area contributed by atoms with E-state index in [1.54, 1.807) is 0 Å². The Labute approximate surface area is 99.1 Å². The van der Waals surface area contributed by atoms with Crippen molar-refractivity contribution in [3.63, 3.8) is 0 Å². The van der Waals surface area contributed by atoms with Crippen molar-refractivity contribution in [2.24, 2.45) is 0 Å². The molecule has 1 aromatic rings. The molecule has 0 atom stereocenters. The molecule has 3 heteroatoms. The first-order valence-electron chi connectivity index (χ1n) is 4.92. The van der Waals surface area contributed by atoms with E-state index in [1.807, 2.05) is 11.3 Å². The second-order valence-corrected chi connectivity index (χ2v) is 6.51. The lowest BCUT2D eigenvalue weighted by molar-refractivity contribution is 0.581. The lowest BCUT2D eigenvalue weighted by Gasteiger charge is -2.13. The van der Waals surface area contributed by atoms with Crippen LogP contribution in [0.15, 0.2) is 0 Å². The summed E-state index contributed by atoms with van der Waals surface area (Å²) in [6.45, 7) is 11.1. The first-order chi connectivity index (χ1) is 6.36. The summed E-state index contributed by atoms with van der Waals surface area (Å²) in [4.78, 5) is 6.12. The molecule has 0 saturated carbocycles.